The Hall–Kier alpha value is -2.53. The summed E-state index contributed by atoms with van der Waals surface area (Å²) < 4.78 is 5.57. The van der Waals surface area contributed by atoms with Gasteiger partial charge in [-0.1, -0.05) is 18.2 Å². The number of nitrogens with one attached hydrogen (secondary N) is 2. The lowest BCUT2D eigenvalue weighted by Crippen LogP contribution is -2.30. The summed E-state index contributed by atoms with van der Waals surface area (Å²) in [6, 6.07) is 13.0. The molecule has 21 heavy (non-hydrogen) atoms. The number of benzene rings is 2. The number of hydrogen-bond acceptors (Lipinski definition) is 4. The fourth-order valence-electron chi connectivity index (χ4n) is 2.53. The zero-order chi connectivity index (χ0) is 14.8. The second-order valence-corrected chi connectivity index (χ2v) is 5.05. The first-order valence-corrected chi connectivity index (χ1v) is 6.79. The van der Waals surface area contributed by atoms with E-state index in [1.807, 2.05) is 37.3 Å². The van der Waals surface area contributed by atoms with Crippen LogP contribution < -0.4 is 21.3 Å². The number of anilines is 1. The molecule has 0 spiro atoms. The lowest BCUT2D eigenvalue weighted by Gasteiger charge is -2.13. The number of aryl methyl sites for hydroxylation is 1. The molecule has 1 amide bonds. The summed E-state index contributed by atoms with van der Waals surface area (Å²) in [5.41, 5.74) is 5.87. The Morgan fingerprint density at radius 2 is 2.10 bits per heavy atom. The quantitative estimate of drug-likeness (QED) is 0.596. The second kappa shape index (κ2) is 5.46. The molecule has 0 bridgehead atoms. The molecule has 3 rings (SSSR count). The van der Waals surface area contributed by atoms with Crippen molar-refractivity contribution in [3.8, 4) is 5.75 Å². The molecule has 0 saturated heterocycles. The summed E-state index contributed by atoms with van der Waals surface area (Å²) in [6.07, 6.45) is 0. The molecule has 1 unspecified atom stereocenters. The van der Waals surface area contributed by atoms with Crippen LogP contribution in [0.15, 0.2) is 42.5 Å². The first kappa shape index (κ1) is 13.5. The molecule has 5 heteroatoms. The molecule has 0 radical (unpaired) electrons. The Morgan fingerprint density at radius 1 is 1.29 bits per heavy atom. The molecule has 0 aromatic heterocycles. The molecule has 0 fully saturated rings. The minimum atomic E-state index is -0.111. The largest absolute Gasteiger partial charge is 0.491 e. The van der Waals surface area contributed by atoms with Gasteiger partial charge in [-0.05, 0) is 36.8 Å². The number of amides is 1. The van der Waals surface area contributed by atoms with Crippen molar-refractivity contribution in [2.45, 2.75) is 13.0 Å². The van der Waals surface area contributed by atoms with Crippen LogP contribution in [-0.2, 0) is 0 Å². The van der Waals surface area contributed by atoms with E-state index < -0.39 is 0 Å². The lowest BCUT2D eigenvalue weighted by atomic mass is 10.1. The van der Waals surface area contributed by atoms with E-state index in [0.29, 0.717) is 12.2 Å². The van der Waals surface area contributed by atoms with Gasteiger partial charge in [0.25, 0.3) is 5.91 Å². The second-order valence-electron chi connectivity index (χ2n) is 5.05. The zero-order valence-corrected chi connectivity index (χ0v) is 11.7. The molecule has 5 nitrogen and oxygen atoms in total. The summed E-state index contributed by atoms with van der Waals surface area (Å²) in [7, 11) is 0. The van der Waals surface area contributed by atoms with Crippen molar-refractivity contribution >= 4 is 11.6 Å². The molecule has 1 aliphatic rings. The minimum Gasteiger partial charge on any atom is -0.491 e. The first-order chi connectivity index (χ1) is 10.2. The van der Waals surface area contributed by atoms with Crippen LogP contribution in [0.3, 0.4) is 0 Å². The summed E-state index contributed by atoms with van der Waals surface area (Å²) >= 11 is 0. The highest BCUT2D eigenvalue weighted by Crippen LogP contribution is 2.31. The zero-order valence-electron chi connectivity index (χ0n) is 11.7. The van der Waals surface area contributed by atoms with E-state index >= 15 is 0 Å². The number of rotatable bonds is 3. The van der Waals surface area contributed by atoms with Gasteiger partial charge in [0.2, 0.25) is 0 Å². The van der Waals surface area contributed by atoms with Gasteiger partial charge in [0.1, 0.15) is 12.4 Å². The molecule has 0 saturated carbocycles. The van der Waals surface area contributed by atoms with Gasteiger partial charge in [0, 0.05) is 16.8 Å². The van der Waals surface area contributed by atoms with Gasteiger partial charge in [-0.3, -0.25) is 10.6 Å². The van der Waals surface area contributed by atoms with E-state index in [9.17, 15) is 4.79 Å². The first-order valence-electron chi connectivity index (χ1n) is 6.79. The van der Waals surface area contributed by atoms with Gasteiger partial charge in [-0.25, -0.2) is 0 Å². The number of fused-ring (bicyclic) bond motifs is 1. The Morgan fingerprint density at radius 3 is 2.86 bits per heavy atom. The third kappa shape index (κ3) is 2.55. The van der Waals surface area contributed by atoms with Crippen LogP contribution in [0.2, 0.25) is 0 Å². The van der Waals surface area contributed by atoms with E-state index in [4.69, 9.17) is 10.6 Å². The van der Waals surface area contributed by atoms with Crippen LogP contribution in [0.5, 0.6) is 5.75 Å². The summed E-state index contributed by atoms with van der Waals surface area (Å²) in [5, 5.41) is 3.01. The number of hydrazine groups is 1. The highest BCUT2D eigenvalue weighted by Gasteiger charge is 2.25. The van der Waals surface area contributed by atoms with Gasteiger partial charge in [-0.2, -0.15) is 0 Å². The van der Waals surface area contributed by atoms with Gasteiger partial charge in [0.15, 0.2) is 0 Å². The Balaban J connectivity index is 1.79. The maximum Gasteiger partial charge on any atom is 0.252 e. The topological polar surface area (TPSA) is 76.4 Å². The fourth-order valence-corrected chi connectivity index (χ4v) is 2.53. The molecule has 1 aliphatic heterocycles. The van der Waals surface area contributed by atoms with Gasteiger partial charge >= 0.3 is 0 Å². The smallest absolute Gasteiger partial charge is 0.252 e. The number of nitrogens with two attached hydrogens (primary N) is 1. The number of ether oxygens (including phenoxy) is 1. The number of para-hydroxylation sites is 1. The van der Waals surface area contributed by atoms with Crippen molar-refractivity contribution in [1.82, 2.24) is 5.32 Å². The molecular formula is C16H17N3O2. The van der Waals surface area contributed by atoms with Gasteiger partial charge in [-0.15, -0.1) is 0 Å². The maximum absolute atomic E-state index is 12.4. The molecule has 1 atom stereocenters. The molecule has 0 aliphatic carbocycles. The van der Waals surface area contributed by atoms with Crippen LogP contribution in [-0.4, -0.2) is 12.5 Å². The van der Waals surface area contributed by atoms with Crippen LogP contribution in [0.1, 0.15) is 27.5 Å². The average molecular weight is 283 g/mol. The van der Waals surface area contributed by atoms with E-state index in [-0.39, 0.29) is 11.9 Å². The summed E-state index contributed by atoms with van der Waals surface area (Å²) in [6.45, 7) is 2.35. The molecule has 108 valence electrons. The third-order valence-corrected chi connectivity index (χ3v) is 3.64. The van der Waals surface area contributed by atoms with Crippen LogP contribution in [0, 0.1) is 6.92 Å². The lowest BCUT2D eigenvalue weighted by molar-refractivity contribution is 0.0929. The van der Waals surface area contributed by atoms with Crippen molar-refractivity contribution in [3.63, 3.8) is 0 Å². The van der Waals surface area contributed by atoms with E-state index in [1.165, 1.54) is 0 Å². The van der Waals surface area contributed by atoms with Crippen molar-refractivity contribution in [1.29, 1.82) is 0 Å². The van der Waals surface area contributed by atoms with Crippen molar-refractivity contribution in [2.24, 2.45) is 5.84 Å². The summed E-state index contributed by atoms with van der Waals surface area (Å²) in [5.74, 6) is 6.09. The van der Waals surface area contributed by atoms with Gasteiger partial charge in [0.05, 0.1) is 6.04 Å². The Bertz CT molecular complexity index is 685. The van der Waals surface area contributed by atoms with Crippen molar-refractivity contribution in [3.05, 3.63) is 59.2 Å². The molecule has 4 N–H and O–H groups in total. The standard InChI is InChI=1S/C16H17N3O2/c1-10-8-11(19-17)6-7-12(10)16(20)18-14-9-21-15-5-3-2-4-13(14)15/h2-8,14,19H,9,17H2,1H3,(H,18,20). The average Bonchev–Trinajstić information content (AvgIpc) is 2.90. The molecule has 2 aromatic carbocycles. The maximum atomic E-state index is 12.4. The number of carbonyl (C=O) groups is 1. The highest BCUT2D eigenvalue weighted by atomic mass is 16.5. The molecular weight excluding hydrogens is 266 g/mol. The third-order valence-electron chi connectivity index (χ3n) is 3.64. The van der Waals surface area contributed by atoms with Crippen molar-refractivity contribution < 1.29 is 9.53 Å². The number of nitrogen functional groups attached to an aromatic ring is 1. The predicted octanol–water partition coefficient (Wildman–Crippen LogP) is 2.14. The monoisotopic (exact) mass is 283 g/mol. The SMILES string of the molecule is Cc1cc(NN)ccc1C(=O)NC1COc2ccccc21. The van der Waals surface area contributed by atoms with E-state index in [0.717, 1.165) is 22.6 Å². The van der Waals surface area contributed by atoms with Crippen LogP contribution >= 0.6 is 0 Å². The number of carbonyl (C=O) groups excluding carboxylic acids is 1. The molecule has 2 aromatic rings. The van der Waals surface area contributed by atoms with E-state index in [1.54, 1.807) is 12.1 Å². The van der Waals surface area contributed by atoms with Crippen molar-refractivity contribution in [2.75, 3.05) is 12.0 Å². The predicted molar refractivity (Wildman–Crippen MR) is 81.1 cm³/mol. The number of hydrogen-bond donors (Lipinski definition) is 3. The van der Waals surface area contributed by atoms with E-state index in [2.05, 4.69) is 10.7 Å². The normalized spacial score (nSPS) is 16.0. The Labute approximate surface area is 123 Å². The molecule has 1 heterocycles. The van der Waals surface area contributed by atoms with Crippen LogP contribution in [0.4, 0.5) is 5.69 Å². The Kier molecular flexibility index (Phi) is 3.50. The van der Waals surface area contributed by atoms with Crippen LogP contribution in [0.25, 0.3) is 0 Å². The highest BCUT2D eigenvalue weighted by molar-refractivity contribution is 5.96. The summed E-state index contributed by atoms with van der Waals surface area (Å²) in [4.78, 5) is 12.4. The van der Waals surface area contributed by atoms with Gasteiger partial charge < -0.3 is 15.5 Å². The minimum absolute atomic E-state index is 0.110. The fraction of sp³-hybridized carbons (Fsp3) is 0.188.